The van der Waals surface area contributed by atoms with Gasteiger partial charge in [-0.05, 0) is 45.9 Å². The molecule has 1 aromatic carbocycles. The van der Waals surface area contributed by atoms with Crippen LogP contribution in [0.1, 0.15) is 36.2 Å². The van der Waals surface area contributed by atoms with Crippen LogP contribution in [0.5, 0.6) is 5.75 Å². The topological polar surface area (TPSA) is 155 Å². The molecule has 2 aromatic rings. The van der Waals surface area contributed by atoms with Crippen molar-refractivity contribution in [2.75, 3.05) is 12.3 Å². The maximum Gasteiger partial charge on any atom is 0.317 e. The Morgan fingerprint density at radius 3 is 2.63 bits per heavy atom. The minimum absolute atomic E-state index is 0.108. The van der Waals surface area contributed by atoms with Gasteiger partial charge in [0.2, 0.25) is 5.91 Å². The lowest BCUT2D eigenvalue weighted by Crippen LogP contribution is -2.81. The number of aliphatic hydroxyl groups excluding tert-OH is 1. The molecule has 30 heavy (non-hydrogen) atoms. The molecule has 0 aliphatic heterocycles. The Kier molecular flexibility index (Phi) is 7.52. The molecular formula is C20H28N5O4S+. The van der Waals surface area contributed by atoms with Crippen molar-refractivity contribution in [2.24, 2.45) is 5.73 Å². The van der Waals surface area contributed by atoms with Gasteiger partial charge < -0.3 is 26.6 Å². The first-order valence-electron chi connectivity index (χ1n) is 9.36. The van der Waals surface area contributed by atoms with Crippen LogP contribution in [-0.2, 0) is 16.2 Å². The monoisotopic (exact) mass is 434 g/mol. The number of benzene rings is 1. The van der Waals surface area contributed by atoms with Crippen LogP contribution in [0.2, 0.25) is 0 Å². The third kappa shape index (κ3) is 5.77. The van der Waals surface area contributed by atoms with Crippen LogP contribution in [0.15, 0.2) is 24.4 Å². The van der Waals surface area contributed by atoms with E-state index in [9.17, 15) is 14.7 Å². The molecule has 0 bridgehead atoms. The highest BCUT2D eigenvalue weighted by Gasteiger charge is 2.36. The molecule has 0 fully saturated rings. The van der Waals surface area contributed by atoms with Crippen LogP contribution in [0, 0.1) is 6.92 Å². The number of amides is 2. The summed E-state index contributed by atoms with van der Waals surface area (Å²) >= 11 is 1.54. The van der Waals surface area contributed by atoms with Gasteiger partial charge in [0.05, 0.1) is 22.1 Å². The third-order valence-electron chi connectivity index (χ3n) is 4.25. The Balaban J connectivity index is 2.34. The van der Waals surface area contributed by atoms with Gasteiger partial charge in [-0.1, -0.05) is 0 Å². The van der Waals surface area contributed by atoms with Gasteiger partial charge in [-0.15, -0.1) is 11.3 Å². The molecule has 1 unspecified atom stereocenters. The number of nitrogen functional groups attached to an aromatic ring is 1. The second-order valence-corrected chi connectivity index (χ2v) is 8.69. The molecule has 0 radical (unpaired) electrons. The minimum Gasteiger partial charge on any atom is -0.488 e. The maximum absolute atomic E-state index is 13.0. The molecule has 0 aliphatic carbocycles. The normalized spacial score (nSPS) is 13.7. The summed E-state index contributed by atoms with van der Waals surface area (Å²) < 4.78 is 5.82. The van der Waals surface area contributed by atoms with E-state index in [0.717, 1.165) is 9.88 Å². The predicted octanol–water partition coefficient (Wildman–Crippen LogP) is -0.757. The van der Waals surface area contributed by atoms with Crippen molar-refractivity contribution in [2.45, 2.75) is 45.9 Å². The van der Waals surface area contributed by atoms with E-state index in [1.54, 1.807) is 24.4 Å². The van der Waals surface area contributed by atoms with Gasteiger partial charge in [0.1, 0.15) is 23.9 Å². The highest BCUT2D eigenvalue weighted by Crippen LogP contribution is 2.22. The second-order valence-electron chi connectivity index (χ2n) is 7.37. The van der Waals surface area contributed by atoms with Crippen LogP contribution in [0.25, 0.3) is 0 Å². The van der Waals surface area contributed by atoms with Crippen molar-refractivity contribution in [1.29, 1.82) is 0 Å². The Bertz CT molecular complexity index is 956. The zero-order valence-corrected chi connectivity index (χ0v) is 18.3. The minimum atomic E-state index is -1.62. The molecule has 0 saturated heterocycles. The number of rotatable bonds is 9. The van der Waals surface area contributed by atoms with Gasteiger partial charge in [-0.25, -0.2) is 9.98 Å². The number of anilines is 1. The number of thiazole rings is 1. The number of primary amides is 1. The fourth-order valence-corrected chi connectivity index (χ4v) is 3.22. The summed E-state index contributed by atoms with van der Waals surface area (Å²) in [5.41, 5.74) is 10.7. The average molecular weight is 435 g/mol. The first-order chi connectivity index (χ1) is 14.1. The van der Waals surface area contributed by atoms with E-state index < -0.39 is 24.0 Å². The summed E-state index contributed by atoms with van der Waals surface area (Å²) in [6, 6.07) is 4.88. The molecule has 7 N–H and O–H groups in total. The molecule has 0 saturated carbocycles. The molecule has 1 heterocycles. The van der Waals surface area contributed by atoms with Gasteiger partial charge >= 0.3 is 5.91 Å². The van der Waals surface area contributed by atoms with E-state index >= 15 is 0 Å². The molecule has 162 valence electrons. The number of carbonyl (C=O) groups is 2. The fraction of sp³-hybridized carbons (Fsp3) is 0.400. The Hall–Kier alpha value is -2.98. The van der Waals surface area contributed by atoms with Crippen molar-refractivity contribution in [1.82, 2.24) is 10.3 Å². The summed E-state index contributed by atoms with van der Waals surface area (Å²) in [6.07, 6.45) is 1.75. The highest BCUT2D eigenvalue weighted by atomic mass is 32.1. The van der Waals surface area contributed by atoms with Crippen LogP contribution in [0.4, 0.5) is 5.69 Å². The first-order valence-corrected chi connectivity index (χ1v) is 10.2. The summed E-state index contributed by atoms with van der Waals surface area (Å²) in [4.78, 5) is 32.9. The predicted molar refractivity (Wildman–Crippen MR) is 115 cm³/mol. The van der Waals surface area contributed by atoms with Gasteiger partial charge in [0, 0.05) is 11.9 Å². The Morgan fingerprint density at radius 1 is 1.40 bits per heavy atom. The number of carbonyl (C=O) groups excluding carboxylic acids is 2. The molecule has 1 aromatic heterocycles. The Morgan fingerprint density at radius 2 is 2.10 bits per heavy atom. The fourth-order valence-electron chi connectivity index (χ4n) is 2.51. The van der Waals surface area contributed by atoms with E-state index in [-0.39, 0.29) is 11.8 Å². The van der Waals surface area contributed by atoms with E-state index in [4.69, 9.17) is 16.2 Å². The summed E-state index contributed by atoms with van der Waals surface area (Å²) in [5, 5.41) is 13.0. The zero-order chi connectivity index (χ0) is 22.5. The summed E-state index contributed by atoms with van der Waals surface area (Å²) in [5.74, 6) is -0.964. The number of ether oxygens (including phenoxy) is 1. The van der Waals surface area contributed by atoms with E-state index in [1.807, 2.05) is 20.8 Å². The van der Waals surface area contributed by atoms with E-state index in [1.165, 1.54) is 18.3 Å². The van der Waals surface area contributed by atoms with E-state index in [0.29, 0.717) is 23.6 Å². The zero-order valence-electron chi connectivity index (χ0n) is 17.5. The molecule has 0 spiro atoms. The Labute approximate surface area is 179 Å². The summed E-state index contributed by atoms with van der Waals surface area (Å²) in [6.45, 7) is 6.66. The lowest BCUT2D eigenvalue weighted by Gasteiger charge is -2.24. The third-order valence-corrected chi connectivity index (χ3v) is 5.14. The smallest absolute Gasteiger partial charge is 0.317 e. The molecule has 9 nitrogen and oxygen atoms in total. The molecule has 0 aliphatic rings. The van der Waals surface area contributed by atoms with Crippen molar-refractivity contribution in [3.63, 3.8) is 0 Å². The van der Waals surface area contributed by atoms with Crippen molar-refractivity contribution < 1.29 is 24.4 Å². The van der Waals surface area contributed by atoms with Gasteiger partial charge in [0.15, 0.2) is 0 Å². The SMILES string of the molecule is Cc1ncc(COc2ccc(N)c(C(=[NH+]C(C)C)C(=O)NC(C)(CO)C(N)=O)c2)s1. The number of aromatic nitrogens is 1. The highest BCUT2D eigenvalue weighted by molar-refractivity contribution is 7.11. The second kappa shape index (κ2) is 9.68. The van der Waals surface area contributed by atoms with Crippen molar-refractivity contribution >= 4 is 34.6 Å². The van der Waals surface area contributed by atoms with Gasteiger partial charge in [0.25, 0.3) is 5.71 Å². The van der Waals surface area contributed by atoms with Crippen LogP contribution in [0.3, 0.4) is 0 Å². The molecule has 1 atom stereocenters. The van der Waals surface area contributed by atoms with Gasteiger partial charge in [-0.3, -0.25) is 9.59 Å². The number of nitrogens with one attached hydrogen (secondary N) is 2. The number of nitrogens with zero attached hydrogens (tertiary/aromatic N) is 1. The number of nitrogens with two attached hydrogens (primary N) is 2. The van der Waals surface area contributed by atoms with Crippen LogP contribution >= 0.6 is 11.3 Å². The molecule has 2 amide bonds. The van der Waals surface area contributed by atoms with Crippen LogP contribution < -0.4 is 26.5 Å². The molecule has 10 heteroatoms. The molecular weight excluding hydrogens is 406 g/mol. The molecule has 2 rings (SSSR count). The van der Waals surface area contributed by atoms with E-state index in [2.05, 4.69) is 15.3 Å². The number of hydrogen-bond acceptors (Lipinski definition) is 7. The van der Waals surface area contributed by atoms with Crippen molar-refractivity contribution in [3.8, 4) is 5.75 Å². The summed E-state index contributed by atoms with van der Waals surface area (Å²) in [7, 11) is 0. The first kappa shape index (κ1) is 23.3. The van der Waals surface area contributed by atoms with Crippen molar-refractivity contribution in [3.05, 3.63) is 39.8 Å². The maximum atomic E-state index is 13.0. The van der Waals surface area contributed by atoms with Gasteiger partial charge in [-0.2, -0.15) is 0 Å². The number of aryl methyl sites for hydroxylation is 1. The lowest BCUT2D eigenvalue weighted by molar-refractivity contribution is -0.491. The standard InChI is InChI=1S/C20H27N5O4S/c1-11(2)24-17(18(27)25-20(4,10-26)19(22)28)15-7-13(5-6-16(15)21)29-9-14-8-23-12(3)30-14/h5-8,11,26H,9-10,21H2,1-4H3,(H2,22,28)(H,25,27)/p+1. The number of aliphatic hydroxyl groups is 1. The number of hydrogen-bond donors (Lipinski definition) is 5. The largest absolute Gasteiger partial charge is 0.488 e. The average Bonchev–Trinajstić information content (AvgIpc) is 3.10. The van der Waals surface area contributed by atoms with Crippen LogP contribution in [-0.4, -0.2) is 45.8 Å². The quantitative estimate of drug-likeness (QED) is 0.258. The lowest BCUT2D eigenvalue weighted by atomic mass is 10.0.